The highest BCUT2D eigenvalue weighted by Crippen LogP contribution is 2.34. The average Bonchev–Trinajstić information content (AvgIpc) is 3.03. The maximum atomic E-state index is 12.0. The minimum Gasteiger partial charge on any atom is -0.454 e. The molecule has 0 spiro atoms. The number of rotatable bonds is 5. The van der Waals surface area contributed by atoms with Crippen molar-refractivity contribution < 1.29 is 19.4 Å². The van der Waals surface area contributed by atoms with Gasteiger partial charge >= 0.3 is 0 Å². The summed E-state index contributed by atoms with van der Waals surface area (Å²) in [4.78, 5) is 12.0. The van der Waals surface area contributed by atoms with E-state index in [-0.39, 0.29) is 18.6 Å². The van der Waals surface area contributed by atoms with E-state index in [1.807, 2.05) is 6.07 Å². The van der Waals surface area contributed by atoms with Crippen molar-refractivity contribution in [1.82, 2.24) is 5.32 Å². The number of carbonyl (C=O) groups is 1. The molecule has 0 saturated carbocycles. The normalized spacial score (nSPS) is 20.7. The molecule has 1 aliphatic heterocycles. The van der Waals surface area contributed by atoms with E-state index < -0.39 is 6.10 Å². The number of ether oxygens (including phenoxy) is 2. The van der Waals surface area contributed by atoms with Crippen LogP contribution in [0.25, 0.3) is 0 Å². The Bertz CT molecular complexity index is 570. The highest BCUT2D eigenvalue weighted by atomic mass is 16.7. The summed E-state index contributed by atoms with van der Waals surface area (Å²) in [5.41, 5.74) is 0.777. The number of aliphatic hydroxyl groups excluding tert-OH is 1. The average molecular weight is 303 g/mol. The Labute approximate surface area is 129 Å². The van der Waals surface area contributed by atoms with Crippen LogP contribution in [-0.2, 0) is 4.79 Å². The molecule has 118 valence electrons. The standard InChI is InChI=1S/C17H21NO4/c19-14(13-6-7-15-16(10-13)22-11-21-15)8-9-18-17(20)12-4-2-1-3-5-12/h1-2,6-7,10,12,14,19H,3-5,8-9,11H2,(H,18,20)/t12-,14+/m1/s1. The zero-order chi connectivity index (χ0) is 15.4. The molecule has 0 saturated heterocycles. The number of hydrogen-bond donors (Lipinski definition) is 2. The monoisotopic (exact) mass is 303 g/mol. The van der Waals surface area contributed by atoms with Crippen molar-refractivity contribution in [2.24, 2.45) is 5.92 Å². The molecule has 0 unspecified atom stereocenters. The molecule has 2 N–H and O–H groups in total. The van der Waals surface area contributed by atoms with Gasteiger partial charge in [0, 0.05) is 12.5 Å². The van der Waals surface area contributed by atoms with Gasteiger partial charge in [-0.1, -0.05) is 18.2 Å². The Morgan fingerprint density at radius 2 is 2.18 bits per heavy atom. The third-order valence-electron chi connectivity index (χ3n) is 4.14. The quantitative estimate of drug-likeness (QED) is 0.819. The third-order valence-corrected chi connectivity index (χ3v) is 4.14. The number of amides is 1. The van der Waals surface area contributed by atoms with Crippen molar-refractivity contribution in [3.63, 3.8) is 0 Å². The minimum atomic E-state index is -0.624. The molecule has 3 rings (SSSR count). The molecule has 0 radical (unpaired) electrons. The first kappa shape index (κ1) is 14.9. The van der Waals surface area contributed by atoms with E-state index in [9.17, 15) is 9.90 Å². The number of aliphatic hydroxyl groups is 1. The fraction of sp³-hybridized carbons (Fsp3) is 0.471. The van der Waals surface area contributed by atoms with E-state index >= 15 is 0 Å². The number of hydrogen-bond acceptors (Lipinski definition) is 4. The molecule has 0 bridgehead atoms. The molecule has 2 aliphatic rings. The second kappa shape index (κ2) is 6.83. The van der Waals surface area contributed by atoms with Gasteiger partial charge in [0.15, 0.2) is 11.5 Å². The predicted molar refractivity (Wildman–Crippen MR) is 81.6 cm³/mol. The molecule has 2 atom stereocenters. The summed E-state index contributed by atoms with van der Waals surface area (Å²) in [6.07, 6.45) is 6.73. The van der Waals surface area contributed by atoms with Crippen LogP contribution in [0.2, 0.25) is 0 Å². The second-order valence-corrected chi connectivity index (χ2v) is 5.69. The maximum absolute atomic E-state index is 12.0. The lowest BCUT2D eigenvalue weighted by atomic mass is 9.93. The Morgan fingerprint density at radius 3 is 3.00 bits per heavy atom. The number of nitrogens with one attached hydrogen (secondary N) is 1. The zero-order valence-corrected chi connectivity index (χ0v) is 12.5. The first-order valence-corrected chi connectivity index (χ1v) is 7.74. The third kappa shape index (κ3) is 3.42. The van der Waals surface area contributed by atoms with Crippen molar-refractivity contribution in [1.29, 1.82) is 0 Å². The summed E-state index contributed by atoms with van der Waals surface area (Å²) in [6.45, 7) is 0.690. The minimum absolute atomic E-state index is 0.0766. The van der Waals surface area contributed by atoms with Crippen LogP contribution in [0.4, 0.5) is 0 Å². The molecule has 5 nitrogen and oxygen atoms in total. The van der Waals surface area contributed by atoms with Gasteiger partial charge in [0.1, 0.15) is 0 Å². The molecular weight excluding hydrogens is 282 g/mol. The van der Waals surface area contributed by atoms with Crippen molar-refractivity contribution in [2.45, 2.75) is 31.8 Å². The first-order chi connectivity index (χ1) is 10.7. The summed E-state index contributed by atoms with van der Waals surface area (Å²) in [6, 6.07) is 5.42. The van der Waals surface area contributed by atoms with Crippen molar-refractivity contribution in [2.75, 3.05) is 13.3 Å². The van der Waals surface area contributed by atoms with E-state index in [2.05, 4.69) is 17.5 Å². The highest BCUT2D eigenvalue weighted by Gasteiger charge is 2.19. The Hall–Kier alpha value is -2.01. The molecule has 1 aliphatic carbocycles. The lowest BCUT2D eigenvalue weighted by molar-refractivity contribution is -0.125. The molecule has 22 heavy (non-hydrogen) atoms. The highest BCUT2D eigenvalue weighted by molar-refractivity contribution is 5.78. The molecule has 0 aromatic heterocycles. The fourth-order valence-electron chi connectivity index (χ4n) is 2.80. The lowest BCUT2D eigenvalue weighted by Gasteiger charge is -2.18. The topological polar surface area (TPSA) is 67.8 Å². The van der Waals surface area contributed by atoms with E-state index in [4.69, 9.17) is 9.47 Å². The Morgan fingerprint density at radius 1 is 1.32 bits per heavy atom. The van der Waals surface area contributed by atoms with Crippen LogP contribution in [0, 0.1) is 5.92 Å². The summed E-state index contributed by atoms with van der Waals surface area (Å²) in [5.74, 6) is 1.53. The van der Waals surface area contributed by atoms with Gasteiger partial charge in [-0.3, -0.25) is 4.79 Å². The fourth-order valence-corrected chi connectivity index (χ4v) is 2.80. The summed E-state index contributed by atoms with van der Waals surface area (Å²) in [5, 5.41) is 13.1. The van der Waals surface area contributed by atoms with E-state index in [0.717, 1.165) is 24.8 Å². The molecule has 1 aromatic rings. The van der Waals surface area contributed by atoms with Gasteiger partial charge in [0.2, 0.25) is 12.7 Å². The molecule has 5 heteroatoms. The number of fused-ring (bicyclic) bond motifs is 1. The largest absolute Gasteiger partial charge is 0.454 e. The van der Waals surface area contributed by atoms with Crippen LogP contribution < -0.4 is 14.8 Å². The molecule has 1 heterocycles. The van der Waals surface area contributed by atoms with E-state index in [0.29, 0.717) is 24.5 Å². The van der Waals surface area contributed by atoms with Gasteiger partial charge in [-0.05, 0) is 43.4 Å². The van der Waals surface area contributed by atoms with Crippen molar-refractivity contribution in [3.05, 3.63) is 35.9 Å². The molecule has 1 amide bonds. The van der Waals surface area contributed by atoms with Crippen LogP contribution in [0.1, 0.15) is 37.4 Å². The summed E-state index contributed by atoms with van der Waals surface area (Å²) < 4.78 is 10.5. The molecule has 1 aromatic carbocycles. The van der Waals surface area contributed by atoms with Gasteiger partial charge in [0.25, 0.3) is 0 Å². The SMILES string of the molecule is O=C(NCC[C@H](O)c1ccc2c(c1)OCO2)[C@@H]1CC=CCC1. The van der Waals surface area contributed by atoms with Crippen molar-refractivity contribution >= 4 is 5.91 Å². The first-order valence-electron chi connectivity index (χ1n) is 7.74. The number of carbonyl (C=O) groups excluding carboxylic acids is 1. The number of benzene rings is 1. The van der Waals surface area contributed by atoms with Gasteiger partial charge < -0.3 is 19.9 Å². The van der Waals surface area contributed by atoms with Crippen molar-refractivity contribution in [3.8, 4) is 11.5 Å². The maximum Gasteiger partial charge on any atom is 0.231 e. The van der Waals surface area contributed by atoms with Crippen LogP contribution in [0.3, 0.4) is 0 Å². The van der Waals surface area contributed by atoms with Gasteiger partial charge in [-0.2, -0.15) is 0 Å². The van der Waals surface area contributed by atoms with Gasteiger partial charge in [0.05, 0.1) is 6.10 Å². The predicted octanol–water partition coefficient (Wildman–Crippen LogP) is 2.31. The van der Waals surface area contributed by atoms with Crippen LogP contribution in [0.5, 0.6) is 11.5 Å². The molecular formula is C17H21NO4. The number of allylic oxidation sites excluding steroid dienone is 2. The van der Waals surface area contributed by atoms with E-state index in [1.54, 1.807) is 12.1 Å². The second-order valence-electron chi connectivity index (χ2n) is 5.69. The summed E-state index contributed by atoms with van der Waals surface area (Å²) >= 11 is 0. The van der Waals surface area contributed by atoms with E-state index in [1.165, 1.54) is 0 Å². The van der Waals surface area contributed by atoms with Crippen LogP contribution in [0.15, 0.2) is 30.4 Å². The summed E-state index contributed by atoms with van der Waals surface area (Å²) in [7, 11) is 0. The zero-order valence-electron chi connectivity index (χ0n) is 12.5. The smallest absolute Gasteiger partial charge is 0.231 e. The van der Waals surface area contributed by atoms with Gasteiger partial charge in [-0.25, -0.2) is 0 Å². The van der Waals surface area contributed by atoms with Gasteiger partial charge in [-0.15, -0.1) is 0 Å². The molecule has 0 fully saturated rings. The lowest BCUT2D eigenvalue weighted by Crippen LogP contribution is -2.32. The Balaban J connectivity index is 1.47. The Kier molecular flexibility index (Phi) is 4.63. The van der Waals surface area contributed by atoms with Crippen LogP contribution in [-0.4, -0.2) is 24.4 Å². The van der Waals surface area contributed by atoms with Crippen LogP contribution >= 0.6 is 0 Å².